The molecule has 174 valence electrons. The molecule has 2 aromatic carbocycles. The van der Waals surface area contributed by atoms with Gasteiger partial charge in [0.25, 0.3) is 5.56 Å². The third-order valence-corrected chi connectivity index (χ3v) is 6.94. The second-order valence-electron chi connectivity index (χ2n) is 8.19. The molecule has 0 bridgehead atoms. The summed E-state index contributed by atoms with van der Waals surface area (Å²) in [5.74, 6) is 1.26. The van der Waals surface area contributed by atoms with Crippen LogP contribution in [0.4, 0.5) is 5.82 Å². The Hall–Kier alpha value is -3.59. The Bertz CT molecular complexity index is 1390. The van der Waals surface area contributed by atoms with Gasteiger partial charge in [-0.1, -0.05) is 42.8 Å². The summed E-state index contributed by atoms with van der Waals surface area (Å²) in [6.45, 7) is 0. The first-order valence-electron chi connectivity index (χ1n) is 11.3. The quantitative estimate of drug-likeness (QED) is 0.314. The molecule has 1 saturated carbocycles. The Labute approximate surface area is 201 Å². The van der Waals surface area contributed by atoms with E-state index in [1.54, 1.807) is 31.5 Å². The first-order valence-corrected chi connectivity index (χ1v) is 12.2. The Morgan fingerprint density at radius 3 is 2.79 bits per heavy atom. The predicted molar refractivity (Wildman–Crippen MR) is 133 cm³/mol. The molecule has 1 amide bonds. The molecular weight excluding hydrogens is 450 g/mol. The van der Waals surface area contributed by atoms with Gasteiger partial charge in [-0.3, -0.25) is 14.2 Å². The topological polar surface area (TPSA) is 91.0 Å². The van der Waals surface area contributed by atoms with E-state index in [0.717, 1.165) is 12.8 Å². The molecule has 0 radical (unpaired) electrons. The number of thioether (sulfide) groups is 1. The Morgan fingerprint density at radius 1 is 1.15 bits per heavy atom. The lowest BCUT2D eigenvalue weighted by atomic mass is 10.2. The molecule has 5 rings (SSSR count). The fourth-order valence-corrected chi connectivity index (χ4v) is 5.16. The van der Waals surface area contributed by atoms with Gasteiger partial charge in [0.1, 0.15) is 11.6 Å². The maximum absolute atomic E-state index is 13.4. The van der Waals surface area contributed by atoms with Gasteiger partial charge in [0.05, 0.1) is 41.7 Å². The Morgan fingerprint density at radius 2 is 1.97 bits per heavy atom. The van der Waals surface area contributed by atoms with Crippen LogP contribution in [-0.4, -0.2) is 38.1 Å². The van der Waals surface area contributed by atoms with Crippen LogP contribution in [0.5, 0.6) is 5.75 Å². The number of hydrogen-bond donors (Lipinski definition) is 1. The number of fused-ring (bicyclic) bond motifs is 1. The molecule has 9 heteroatoms. The number of nitrogens with zero attached hydrogens (tertiary/aromatic N) is 4. The van der Waals surface area contributed by atoms with Gasteiger partial charge < -0.3 is 10.1 Å². The maximum Gasteiger partial charge on any atom is 0.266 e. The number of carbonyl (C=O) groups is 1. The van der Waals surface area contributed by atoms with Gasteiger partial charge in [0.2, 0.25) is 5.91 Å². The van der Waals surface area contributed by atoms with E-state index >= 15 is 0 Å². The predicted octanol–water partition coefficient (Wildman–Crippen LogP) is 4.44. The highest BCUT2D eigenvalue weighted by molar-refractivity contribution is 7.99. The summed E-state index contributed by atoms with van der Waals surface area (Å²) < 4.78 is 8.78. The number of carbonyl (C=O) groups excluding carboxylic acids is 1. The third kappa shape index (κ3) is 4.43. The second-order valence-corrected chi connectivity index (χ2v) is 9.13. The Kier molecular flexibility index (Phi) is 6.35. The average molecular weight is 476 g/mol. The number of rotatable bonds is 7. The molecule has 1 aliphatic rings. The molecule has 1 fully saturated rings. The molecular formula is C25H25N5O3S. The maximum atomic E-state index is 13.4. The molecule has 1 aliphatic carbocycles. The fraction of sp³-hybridized carbons (Fsp3) is 0.280. The van der Waals surface area contributed by atoms with Crippen molar-refractivity contribution in [1.82, 2.24) is 19.3 Å². The van der Waals surface area contributed by atoms with Gasteiger partial charge in [-0.05, 0) is 37.1 Å². The molecule has 0 spiro atoms. The van der Waals surface area contributed by atoms with E-state index in [9.17, 15) is 9.59 Å². The molecule has 0 aliphatic heterocycles. The van der Waals surface area contributed by atoms with Crippen molar-refractivity contribution < 1.29 is 9.53 Å². The van der Waals surface area contributed by atoms with Gasteiger partial charge in [0, 0.05) is 12.1 Å². The van der Waals surface area contributed by atoms with E-state index in [1.165, 1.54) is 29.2 Å². The highest BCUT2D eigenvalue weighted by Gasteiger charge is 2.21. The van der Waals surface area contributed by atoms with E-state index in [4.69, 9.17) is 9.72 Å². The normalized spacial score (nSPS) is 13.9. The van der Waals surface area contributed by atoms with Crippen molar-refractivity contribution >= 4 is 34.4 Å². The molecule has 34 heavy (non-hydrogen) atoms. The van der Waals surface area contributed by atoms with Crippen LogP contribution in [0.25, 0.3) is 16.6 Å². The number of ether oxygens (including phenoxy) is 1. The highest BCUT2D eigenvalue weighted by atomic mass is 32.2. The molecule has 2 heterocycles. The van der Waals surface area contributed by atoms with Gasteiger partial charge in [-0.15, -0.1) is 0 Å². The fourth-order valence-electron chi connectivity index (χ4n) is 4.35. The van der Waals surface area contributed by atoms with Crippen LogP contribution in [0, 0.1) is 0 Å². The summed E-state index contributed by atoms with van der Waals surface area (Å²) in [4.78, 5) is 30.9. The molecule has 0 unspecified atom stereocenters. The standard InChI is InChI=1S/C25H25N5O3S/c1-33-19-10-6-9-18(15-19)29-24(32)20-11-4-5-12-21(20)27-25(29)34-16-23(31)28-22-13-14-26-30(22)17-7-2-3-8-17/h4-6,9-15,17H,2-3,7-8,16H2,1H3,(H,28,31). The smallest absolute Gasteiger partial charge is 0.266 e. The lowest BCUT2D eigenvalue weighted by Crippen LogP contribution is -2.23. The van der Waals surface area contributed by atoms with Crippen LogP contribution in [0.1, 0.15) is 31.7 Å². The molecule has 0 saturated heterocycles. The van der Waals surface area contributed by atoms with Gasteiger partial charge in [-0.2, -0.15) is 5.10 Å². The number of nitrogens with one attached hydrogen (secondary N) is 1. The zero-order valence-electron chi connectivity index (χ0n) is 18.8. The Balaban J connectivity index is 1.43. The molecule has 4 aromatic rings. The minimum absolute atomic E-state index is 0.102. The monoisotopic (exact) mass is 475 g/mol. The van der Waals surface area contributed by atoms with Crippen LogP contribution >= 0.6 is 11.8 Å². The number of para-hydroxylation sites is 1. The summed E-state index contributed by atoms with van der Waals surface area (Å²) >= 11 is 1.22. The number of aromatic nitrogens is 4. The summed E-state index contributed by atoms with van der Waals surface area (Å²) in [7, 11) is 1.58. The van der Waals surface area contributed by atoms with Crippen LogP contribution < -0.4 is 15.6 Å². The summed E-state index contributed by atoms with van der Waals surface area (Å²) in [5.41, 5.74) is 1.03. The number of benzene rings is 2. The molecule has 2 aromatic heterocycles. The number of amides is 1. The van der Waals surface area contributed by atoms with Crippen molar-refractivity contribution in [3.05, 3.63) is 71.1 Å². The van der Waals surface area contributed by atoms with E-state index < -0.39 is 0 Å². The van der Waals surface area contributed by atoms with Gasteiger partial charge in [-0.25, -0.2) is 9.67 Å². The minimum atomic E-state index is -0.193. The van der Waals surface area contributed by atoms with Crippen LogP contribution in [0.2, 0.25) is 0 Å². The minimum Gasteiger partial charge on any atom is -0.497 e. The summed E-state index contributed by atoms with van der Waals surface area (Å²) in [5, 5.41) is 8.34. The molecule has 0 atom stereocenters. The van der Waals surface area contributed by atoms with E-state index in [2.05, 4.69) is 10.4 Å². The first-order chi connectivity index (χ1) is 16.6. The van der Waals surface area contributed by atoms with Crippen molar-refractivity contribution in [2.45, 2.75) is 36.9 Å². The zero-order chi connectivity index (χ0) is 23.5. The SMILES string of the molecule is COc1cccc(-n2c(SCC(=O)Nc3ccnn3C3CCCC3)nc3ccccc3c2=O)c1. The van der Waals surface area contributed by atoms with E-state index in [0.29, 0.717) is 39.4 Å². The summed E-state index contributed by atoms with van der Waals surface area (Å²) in [6, 6.07) is 16.6. The van der Waals surface area contributed by atoms with Crippen molar-refractivity contribution in [1.29, 1.82) is 0 Å². The zero-order valence-corrected chi connectivity index (χ0v) is 19.6. The van der Waals surface area contributed by atoms with Gasteiger partial charge in [0.15, 0.2) is 5.16 Å². The number of methoxy groups -OCH3 is 1. The highest BCUT2D eigenvalue weighted by Crippen LogP contribution is 2.31. The summed E-state index contributed by atoms with van der Waals surface area (Å²) in [6.07, 6.45) is 6.24. The van der Waals surface area contributed by atoms with Crippen molar-refractivity contribution in [2.24, 2.45) is 0 Å². The van der Waals surface area contributed by atoms with Gasteiger partial charge >= 0.3 is 0 Å². The van der Waals surface area contributed by atoms with Crippen LogP contribution in [-0.2, 0) is 4.79 Å². The van der Waals surface area contributed by atoms with Crippen molar-refractivity contribution in [2.75, 3.05) is 18.2 Å². The lowest BCUT2D eigenvalue weighted by Gasteiger charge is -2.15. The number of anilines is 1. The average Bonchev–Trinajstić information content (AvgIpc) is 3.55. The van der Waals surface area contributed by atoms with Crippen molar-refractivity contribution in [3.8, 4) is 11.4 Å². The van der Waals surface area contributed by atoms with E-state index in [-0.39, 0.29) is 17.2 Å². The molecule has 1 N–H and O–H groups in total. The van der Waals surface area contributed by atoms with Crippen molar-refractivity contribution in [3.63, 3.8) is 0 Å². The number of hydrogen-bond acceptors (Lipinski definition) is 6. The first kappa shape index (κ1) is 22.2. The largest absolute Gasteiger partial charge is 0.497 e. The van der Waals surface area contributed by atoms with Crippen LogP contribution in [0.3, 0.4) is 0 Å². The second kappa shape index (κ2) is 9.72. The lowest BCUT2D eigenvalue weighted by molar-refractivity contribution is -0.113. The van der Waals surface area contributed by atoms with E-state index in [1.807, 2.05) is 41.1 Å². The van der Waals surface area contributed by atoms with Crippen LogP contribution in [0.15, 0.2) is 70.7 Å². The molecule has 8 nitrogen and oxygen atoms in total. The third-order valence-electron chi connectivity index (χ3n) is 6.00.